The number of nitrogens with zero attached hydrogens (tertiary/aromatic N) is 2. The Balaban J connectivity index is 1.86. The van der Waals surface area contributed by atoms with Crippen LogP contribution in [0.25, 0.3) is 0 Å². The van der Waals surface area contributed by atoms with Crippen molar-refractivity contribution in [2.75, 3.05) is 33.2 Å². The Bertz CT molecular complexity index is 238. The van der Waals surface area contributed by atoms with E-state index in [2.05, 4.69) is 23.8 Å². The van der Waals surface area contributed by atoms with Gasteiger partial charge in [-0.3, -0.25) is 4.90 Å². The summed E-state index contributed by atoms with van der Waals surface area (Å²) in [6.45, 7) is 6.57. The topological polar surface area (TPSA) is 26.7 Å². The molecule has 1 unspecified atom stereocenters. The van der Waals surface area contributed by atoms with Gasteiger partial charge in [0.2, 0.25) is 0 Å². The second-order valence-corrected chi connectivity index (χ2v) is 6.06. The summed E-state index contributed by atoms with van der Waals surface area (Å²) >= 11 is 0. The molecule has 100 valence electrons. The predicted octanol–water partition coefficient (Wildman–Crippen LogP) is 1.71. The molecule has 0 bridgehead atoms. The van der Waals surface area contributed by atoms with Gasteiger partial charge in [0.15, 0.2) is 0 Å². The molecule has 1 saturated carbocycles. The van der Waals surface area contributed by atoms with E-state index < -0.39 is 0 Å². The Hall–Kier alpha value is -0.120. The van der Waals surface area contributed by atoms with Crippen LogP contribution in [0.3, 0.4) is 0 Å². The summed E-state index contributed by atoms with van der Waals surface area (Å²) in [6, 6.07) is 0.677. The van der Waals surface area contributed by atoms with E-state index in [-0.39, 0.29) is 5.60 Å². The fourth-order valence-corrected chi connectivity index (χ4v) is 3.38. The van der Waals surface area contributed by atoms with Gasteiger partial charge in [0.25, 0.3) is 0 Å². The molecule has 3 nitrogen and oxygen atoms in total. The van der Waals surface area contributed by atoms with E-state index >= 15 is 0 Å². The molecule has 1 N–H and O–H groups in total. The summed E-state index contributed by atoms with van der Waals surface area (Å²) in [4.78, 5) is 4.95. The number of β-amino-alcohol motifs (C(OH)–C–C–N with tert-alkyl or cyclic N) is 1. The van der Waals surface area contributed by atoms with Gasteiger partial charge in [0.1, 0.15) is 0 Å². The molecule has 0 amide bonds. The van der Waals surface area contributed by atoms with Crippen LogP contribution in [0, 0.1) is 0 Å². The van der Waals surface area contributed by atoms with Crippen molar-refractivity contribution in [1.82, 2.24) is 9.80 Å². The van der Waals surface area contributed by atoms with Gasteiger partial charge in [-0.1, -0.05) is 26.2 Å². The minimum absolute atomic E-state index is 0.382. The highest BCUT2D eigenvalue weighted by atomic mass is 16.3. The molecule has 0 aromatic carbocycles. The molecule has 2 fully saturated rings. The van der Waals surface area contributed by atoms with Gasteiger partial charge in [0.05, 0.1) is 5.60 Å². The van der Waals surface area contributed by atoms with Crippen molar-refractivity contribution in [2.24, 2.45) is 0 Å². The Morgan fingerprint density at radius 3 is 2.53 bits per heavy atom. The minimum Gasteiger partial charge on any atom is -0.389 e. The number of rotatable bonds is 3. The van der Waals surface area contributed by atoms with Crippen LogP contribution in [-0.4, -0.2) is 59.8 Å². The zero-order valence-electron chi connectivity index (χ0n) is 11.5. The normalized spacial score (nSPS) is 31.6. The van der Waals surface area contributed by atoms with Gasteiger partial charge < -0.3 is 10.0 Å². The maximum Gasteiger partial charge on any atom is 0.0774 e. The Labute approximate surface area is 106 Å². The molecule has 17 heavy (non-hydrogen) atoms. The number of aliphatic hydroxyl groups is 1. The first kappa shape index (κ1) is 13.3. The van der Waals surface area contributed by atoms with Crippen LogP contribution >= 0.6 is 0 Å². The molecule has 2 rings (SSSR count). The first-order valence-corrected chi connectivity index (χ1v) is 7.28. The van der Waals surface area contributed by atoms with Crippen LogP contribution < -0.4 is 0 Å². The van der Waals surface area contributed by atoms with Gasteiger partial charge >= 0.3 is 0 Å². The van der Waals surface area contributed by atoms with Gasteiger partial charge in [-0.25, -0.2) is 0 Å². The van der Waals surface area contributed by atoms with Crippen LogP contribution in [-0.2, 0) is 0 Å². The zero-order chi connectivity index (χ0) is 12.3. The molecule has 3 heteroatoms. The molecule has 0 spiro atoms. The van der Waals surface area contributed by atoms with Crippen molar-refractivity contribution >= 4 is 0 Å². The third kappa shape index (κ3) is 3.43. The summed E-state index contributed by atoms with van der Waals surface area (Å²) < 4.78 is 0. The number of hydrogen-bond donors (Lipinski definition) is 1. The molecular formula is C14H28N2O. The highest BCUT2D eigenvalue weighted by Crippen LogP contribution is 2.29. The average molecular weight is 240 g/mol. The minimum atomic E-state index is -0.382. The van der Waals surface area contributed by atoms with Crippen molar-refractivity contribution in [3.05, 3.63) is 0 Å². The lowest BCUT2D eigenvalue weighted by Crippen LogP contribution is -2.55. The molecule has 2 aliphatic rings. The third-order valence-electron chi connectivity index (χ3n) is 4.63. The Morgan fingerprint density at radius 2 is 1.88 bits per heavy atom. The standard InChI is InChI=1S/C14H28N2O/c1-3-13-11-16(10-9-15(13)2)12-14(17)7-5-4-6-8-14/h13,17H,3-12H2,1-2H3. The Morgan fingerprint density at radius 1 is 1.18 bits per heavy atom. The number of likely N-dealkylation sites (N-methyl/N-ethyl adjacent to an activating group) is 1. The lowest BCUT2D eigenvalue weighted by molar-refractivity contribution is -0.0415. The van der Waals surface area contributed by atoms with Crippen LogP contribution in [0.5, 0.6) is 0 Å². The van der Waals surface area contributed by atoms with Gasteiger partial charge in [0, 0.05) is 32.2 Å². The molecule has 0 aromatic rings. The Kier molecular flexibility index (Phi) is 4.45. The summed E-state index contributed by atoms with van der Waals surface area (Å²) in [6.07, 6.45) is 6.96. The van der Waals surface area contributed by atoms with Crippen LogP contribution in [0.15, 0.2) is 0 Å². The maximum absolute atomic E-state index is 10.6. The summed E-state index contributed by atoms with van der Waals surface area (Å²) in [5, 5.41) is 10.6. The van der Waals surface area contributed by atoms with Crippen molar-refractivity contribution in [2.45, 2.75) is 57.1 Å². The fourth-order valence-electron chi connectivity index (χ4n) is 3.38. The largest absolute Gasteiger partial charge is 0.389 e. The molecule has 1 heterocycles. The van der Waals surface area contributed by atoms with Crippen molar-refractivity contribution in [1.29, 1.82) is 0 Å². The molecule has 1 aliphatic carbocycles. The van der Waals surface area contributed by atoms with E-state index in [4.69, 9.17) is 0 Å². The van der Waals surface area contributed by atoms with E-state index in [1.807, 2.05) is 0 Å². The molecule has 1 saturated heterocycles. The third-order valence-corrected chi connectivity index (χ3v) is 4.63. The average Bonchev–Trinajstić information content (AvgIpc) is 2.32. The SMILES string of the molecule is CCC1CN(CC2(O)CCCCC2)CCN1C. The molecule has 1 aliphatic heterocycles. The summed E-state index contributed by atoms with van der Waals surface area (Å²) in [5.41, 5.74) is -0.382. The number of hydrogen-bond acceptors (Lipinski definition) is 3. The highest BCUT2D eigenvalue weighted by molar-refractivity contribution is 4.88. The van der Waals surface area contributed by atoms with E-state index in [1.165, 1.54) is 25.7 Å². The monoisotopic (exact) mass is 240 g/mol. The maximum atomic E-state index is 10.6. The molecular weight excluding hydrogens is 212 g/mol. The predicted molar refractivity (Wildman–Crippen MR) is 71.2 cm³/mol. The molecule has 0 radical (unpaired) electrons. The fraction of sp³-hybridized carbons (Fsp3) is 1.00. The quantitative estimate of drug-likeness (QED) is 0.813. The van der Waals surface area contributed by atoms with E-state index in [0.29, 0.717) is 6.04 Å². The molecule has 0 aromatic heterocycles. The first-order valence-electron chi connectivity index (χ1n) is 7.28. The van der Waals surface area contributed by atoms with Crippen molar-refractivity contribution in [3.63, 3.8) is 0 Å². The van der Waals surface area contributed by atoms with Gasteiger partial charge in [-0.2, -0.15) is 0 Å². The lowest BCUT2D eigenvalue weighted by atomic mass is 9.84. The second kappa shape index (κ2) is 5.68. The van der Waals surface area contributed by atoms with Crippen LogP contribution in [0.2, 0.25) is 0 Å². The van der Waals surface area contributed by atoms with Crippen LogP contribution in [0.4, 0.5) is 0 Å². The second-order valence-electron chi connectivity index (χ2n) is 6.06. The summed E-state index contributed by atoms with van der Waals surface area (Å²) in [5.74, 6) is 0. The zero-order valence-corrected chi connectivity index (χ0v) is 11.5. The van der Waals surface area contributed by atoms with Crippen LogP contribution in [0.1, 0.15) is 45.4 Å². The molecule has 1 atom stereocenters. The van der Waals surface area contributed by atoms with E-state index in [0.717, 1.165) is 39.0 Å². The smallest absolute Gasteiger partial charge is 0.0774 e. The highest BCUT2D eigenvalue weighted by Gasteiger charge is 2.33. The summed E-state index contributed by atoms with van der Waals surface area (Å²) in [7, 11) is 2.22. The van der Waals surface area contributed by atoms with Gasteiger partial charge in [-0.05, 0) is 26.3 Å². The lowest BCUT2D eigenvalue weighted by Gasteiger charge is -2.43. The first-order chi connectivity index (χ1) is 8.13. The van der Waals surface area contributed by atoms with Crippen molar-refractivity contribution in [3.8, 4) is 0 Å². The van der Waals surface area contributed by atoms with E-state index in [9.17, 15) is 5.11 Å². The van der Waals surface area contributed by atoms with Crippen molar-refractivity contribution < 1.29 is 5.11 Å². The van der Waals surface area contributed by atoms with Gasteiger partial charge in [-0.15, -0.1) is 0 Å². The van der Waals surface area contributed by atoms with E-state index in [1.54, 1.807) is 0 Å². The number of piperazine rings is 1.